The summed E-state index contributed by atoms with van der Waals surface area (Å²) >= 11 is 0. The lowest BCUT2D eigenvalue weighted by Crippen LogP contribution is -2.28. The summed E-state index contributed by atoms with van der Waals surface area (Å²) in [6.07, 6.45) is 105. The summed E-state index contributed by atoms with van der Waals surface area (Å²) < 4.78 is 10.7. The van der Waals surface area contributed by atoms with Gasteiger partial charge in [0.1, 0.15) is 6.61 Å². The van der Waals surface area contributed by atoms with Crippen molar-refractivity contribution in [2.75, 3.05) is 13.2 Å². The van der Waals surface area contributed by atoms with Crippen molar-refractivity contribution >= 4 is 11.9 Å². The van der Waals surface area contributed by atoms with Crippen LogP contribution in [0.15, 0.2) is 158 Å². The van der Waals surface area contributed by atoms with Crippen LogP contribution in [0.2, 0.25) is 0 Å². The van der Waals surface area contributed by atoms with Crippen molar-refractivity contribution in [1.29, 1.82) is 0 Å². The van der Waals surface area contributed by atoms with Crippen molar-refractivity contribution in [3.05, 3.63) is 158 Å². The minimum Gasteiger partial charge on any atom is -0.462 e. The monoisotopic (exact) mass is 1100 g/mol. The molecule has 0 spiro atoms. The fraction of sp³-hybridized carbons (Fsp3) is 0.627. The first kappa shape index (κ1) is 75.5. The van der Waals surface area contributed by atoms with Crippen molar-refractivity contribution in [2.24, 2.45) is 0 Å². The lowest BCUT2D eigenvalue weighted by Gasteiger charge is -2.15. The Balaban J connectivity index is 3.52. The molecule has 0 saturated heterocycles. The highest BCUT2D eigenvalue weighted by molar-refractivity contribution is 5.70. The van der Waals surface area contributed by atoms with Gasteiger partial charge in [-0.1, -0.05) is 307 Å². The van der Waals surface area contributed by atoms with Gasteiger partial charge in [0.05, 0.1) is 6.61 Å². The van der Waals surface area contributed by atoms with Crippen LogP contribution in [-0.4, -0.2) is 36.4 Å². The molecule has 0 radical (unpaired) electrons. The van der Waals surface area contributed by atoms with E-state index in [1.54, 1.807) is 0 Å². The predicted octanol–water partition coefficient (Wildman–Crippen LogP) is 23.1. The molecule has 0 aromatic rings. The number of esters is 2. The van der Waals surface area contributed by atoms with Crippen molar-refractivity contribution in [2.45, 2.75) is 290 Å². The number of allylic oxidation sites excluding steroid dienone is 26. The second-order valence-electron chi connectivity index (χ2n) is 21.4. The van der Waals surface area contributed by atoms with Crippen molar-refractivity contribution in [3.8, 4) is 0 Å². The van der Waals surface area contributed by atoms with E-state index in [0.29, 0.717) is 12.8 Å². The standard InChI is InChI=1S/C75H122O5/c1-3-5-7-9-11-13-15-17-19-21-23-25-27-29-30-31-32-33-34-35-36-37-38-39-40-41-42-43-44-46-48-50-52-54-56-58-60-62-64-66-68-70-75(78)80-73(71-76)72-79-74(77)69-67-65-63-61-59-57-55-53-51-49-47-45-28-26-24-22-20-18-16-14-12-10-8-6-4-2/h5-8,11-14,17-20,23-26,29-30,32-33,35-36,38-39,45,47,73,76H,3-4,9-10,15-16,21-22,27-28,31,34,37,40-44,46,48-72H2,1-2H3/b7-5-,8-6-,13-11-,14-12-,19-17-,20-18-,25-23-,26-24-,30-29-,33-32-,36-35-,39-38-,47-45-. The molecule has 0 fully saturated rings. The number of aliphatic hydroxyl groups is 1. The summed E-state index contributed by atoms with van der Waals surface area (Å²) in [4.78, 5) is 24.6. The number of aliphatic hydroxyl groups excluding tert-OH is 1. The number of unbranched alkanes of at least 4 members (excludes halogenated alkanes) is 25. The van der Waals surface area contributed by atoms with Gasteiger partial charge in [-0.05, 0) is 122 Å². The molecule has 0 aliphatic rings. The quantitative estimate of drug-likeness (QED) is 0.0373. The Kier molecular flexibility index (Phi) is 64.9. The zero-order valence-electron chi connectivity index (χ0n) is 51.8. The van der Waals surface area contributed by atoms with Gasteiger partial charge in [-0.3, -0.25) is 9.59 Å². The molecule has 1 unspecified atom stereocenters. The van der Waals surface area contributed by atoms with E-state index >= 15 is 0 Å². The van der Waals surface area contributed by atoms with E-state index in [-0.39, 0.29) is 25.2 Å². The van der Waals surface area contributed by atoms with E-state index in [9.17, 15) is 14.7 Å². The molecule has 0 aliphatic carbocycles. The third kappa shape index (κ3) is 66.0. The SMILES string of the molecule is CC/C=C\C/C=C\C/C=C\C/C=C\C/C=C\C/C=C\C/C=C\C/C=C\CCCCCCCCCCCCCCCCCCC(=O)OC(CO)COC(=O)CCCCCCCCCCC/C=C\C/C=C\C/C=C\C/C=C\C/C=C\CC. The second-order valence-corrected chi connectivity index (χ2v) is 21.4. The normalized spacial score (nSPS) is 13.3. The predicted molar refractivity (Wildman–Crippen MR) is 352 cm³/mol. The number of carbonyl (C=O) groups excluding carboxylic acids is 2. The number of hydrogen-bond donors (Lipinski definition) is 1. The first-order valence-corrected chi connectivity index (χ1v) is 33.0. The Bertz CT molecular complexity index is 1730. The average Bonchev–Trinajstić information content (AvgIpc) is 3.46. The third-order valence-electron chi connectivity index (χ3n) is 13.8. The molecule has 452 valence electrons. The Labute approximate surface area is 494 Å². The van der Waals surface area contributed by atoms with Crippen molar-refractivity contribution in [3.63, 3.8) is 0 Å². The molecule has 1 N–H and O–H groups in total. The zero-order chi connectivity index (χ0) is 57.6. The lowest BCUT2D eigenvalue weighted by molar-refractivity contribution is -0.161. The number of rotatable bonds is 59. The van der Waals surface area contributed by atoms with Crippen LogP contribution < -0.4 is 0 Å². The Morgan fingerprint density at radius 1 is 0.287 bits per heavy atom. The smallest absolute Gasteiger partial charge is 0.306 e. The molecule has 0 rings (SSSR count). The van der Waals surface area contributed by atoms with Crippen LogP contribution in [0.25, 0.3) is 0 Å². The van der Waals surface area contributed by atoms with Crippen LogP contribution in [0, 0.1) is 0 Å². The molecule has 1 atom stereocenters. The Morgan fingerprint density at radius 2 is 0.500 bits per heavy atom. The fourth-order valence-electron chi connectivity index (χ4n) is 8.95. The van der Waals surface area contributed by atoms with Crippen LogP contribution in [-0.2, 0) is 19.1 Å². The first-order chi connectivity index (χ1) is 39.6. The van der Waals surface area contributed by atoms with E-state index in [0.717, 1.165) is 122 Å². The molecule has 5 heteroatoms. The van der Waals surface area contributed by atoms with Gasteiger partial charge in [0.2, 0.25) is 0 Å². The Hall–Kier alpha value is -4.48. The maximum absolute atomic E-state index is 12.4. The summed E-state index contributed by atoms with van der Waals surface area (Å²) in [6, 6.07) is 0. The summed E-state index contributed by atoms with van der Waals surface area (Å²) in [6.45, 7) is 3.92. The molecular formula is C75H122O5. The average molecular weight is 1100 g/mol. The number of ether oxygens (including phenoxy) is 2. The third-order valence-corrected chi connectivity index (χ3v) is 13.8. The highest BCUT2D eigenvalue weighted by atomic mass is 16.6. The molecule has 0 aromatic heterocycles. The fourth-order valence-corrected chi connectivity index (χ4v) is 8.95. The largest absolute Gasteiger partial charge is 0.462 e. The molecule has 0 amide bonds. The molecule has 0 aromatic carbocycles. The van der Waals surface area contributed by atoms with Gasteiger partial charge < -0.3 is 14.6 Å². The van der Waals surface area contributed by atoms with E-state index < -0.39 is 6.10 Å². The highest BCUT2D eigenvalue weighted by Crippen LogP contribution is 2.16. The van der Waals surface area contributed by atoms with E-state index in [4.69, 9.17) is 9.47 Å². The maximum atomic E-state index is 12.4. The number of hydrogen-bond acceptors (Lipinski definition) is 5. The Morgan fingerprint density at radius 3 is 0.750 bits per heavy atom. The minimum atomic E-state index is -0.785. The summed E-state index contributed by atoms with van der Waals surface area (Å²) in [7, 11) is 0. The molecular weight excluding hydrogens is 981 g/mol. The molecule has 0 bridgehead atoms. The second kappa shape index (κ2) is 68.8. The van der Waals surface area contributed by atoms with Crippen LogP contribution in [0.5, 0.6) is 0 Å². The number of carbonyl (C=O) groups is 2. The summed E-state index contributed by atoms with van der Waals surface area (Å²) in [5.41, 5.74) is 0. The summed E-state index contributed by atoms with van der Waals surface area (Å²) in [5, 5.41) is 9.69. The van der Waals surface area contributed by atoms with Gasteiger partial charge in [-0.25, -0.2) is 0 Å². The van der Waals surface area contributed by atoms with Crippen molar-refractivity contribution in [1.82, 2.24) is 0 Å². The van der Waals surface area contributed by atoms with Crippen LogP contribution in [0.4, 0.5) is 0 Å². The van der Waals surface area contributed by atoms with Gasteiger partial charge in [-0.15, -0.1) is 0 Å². The van der Waals surface area contributed by atoms with Crippen LogP contribution >= 0.6 is 0 Å². The van der Waals surface area contributed by atoms with Crippen LogP contribution in [0.1, 0.15) is 284 Å². The van der Waals surface area contributed by atoms with E-state index in [1.807, 2.05) is 0 Å². The molecule has 0 saturated carbocycles. The van der Waals surface area contributed by atoms with Crippen molar-refractivity contribution < 1.29 is 24.2 Å². The molecule has 80 heavy (non-hydrogen) atoms. The van der Waals surface area contributed by atoms with E-state index in [2.05, 4.69) is 172 Å². The first-order valence-electron chi connectivity index (χ1n) is 33.0. The van der Waals surface area contributed by atoms with Gasteiger partial charge >= 0.3 is 11.9 Å². The maximum Gasteiger partial charge on any atom is 0.306 e. The molecule has 0 aliphatic heterocycles. The lowest BCUT2D eigenvalue weighted by atomic mass is 10.0. The molecule has 5 nitrogen and oxygen atoms in total. The van der Waals surface area contributed by atoms with Crippen LogP contribution in [0.3, 0.4) is 0 Å². The van der Waals surface area contributed by atoms with E-state index in [1.165, 1.54) is 135 Å². The zero-order valence-corrected chi connectivity index (χ0v) is 51.8. The van der Waals surface area contributed by atoms with Gasteiger partial charge in [-0.2, -0.15) is 0 Å². The summed E-state index contributed by atoms with van der Waals surface area (Å²) in [5.74, 6) is -0.599. The minimum absolute atomic E-state index is 0.0754. The van der Waals surface area contributed by atoms with Gasteiger partial charge in [0.15, 0.2) is 6.10 Å². The highest BCUT2D eigenvalue weighted by Gasteiger charge is 2.16. The topological polar surface area (TPSA) is 72.8 Å². The molecule has 0 heterocycles. The van der Waals surface area contributed by atoms with Gasteiger partial charge in [0, 0.05) is 12.8 Å². The van der Waals surface area contributed by atoms with Gasteiger partial charge in [0.25, 0.3) is 0 Å².